The molecule has 0 heterocycles. The highest BCUT2D eigenvalue weighted by molar-refractivity contribution is 6.35. The van der Waals surface area contributed by atoms with Gasteiger partial charge in [-0.25, -0.2) is 10.2 Å². The van der Waals surface area contributed by atoms with Gasteiger partial charge in [0.05, 0.1) is 18.4 Å². The van der Waals surface area contributed by atoms with Crippen molar-refractivity contribution in [3.8, 4) is 11.5 Å². The predicted octanol–water partition coefficient (Wildman–Crippen LogP) is 1.95. The van der Waals surface area contributed by atoms with Gasteiger partial charge in [-0.1, -0.05) is 12.1 Å². The lowest BCUT2D eigenvalue weighted by Crippen LogP contribution is -2.37. The Balaban J connectivity index is 2.03. The number of amides is 2. The van der Waals surface area contributed by atoms with Crippen molar-refractivity contribution < 1.29 is 29.0 Å². The van der Waals surface area contributed by atoms with E-state index in [9.17, 15) is 14.4 Å². The minimum Gasteiger partial charge on any atom is -0.490 e. The Kier molecular flexibility index (Phi) is 8.37. The third-order valence-electron chi connectivity index (χ3n) is 3.79. The van der Waals surface area contributed by atoms with Crippen molar-refractivity contribution in [3.63, 3.8) is 0 Å². The van der Waals surface area contributed by atoms with E-state index in [0.29, 0.717) is 30.2 Å². The number of nitrogens with one attached hydrogen (secondary N) is 2. The topological polar surface area (TPSA) is 126 Å². The fraction of sp³-hybridized carbons (Fsp3) is 0.238. The molecule has 0 saturated carbocycles. The third-order valence-corrected chi connectivity index (χ3v) is 3.79. The summed E-state index contributed by atoms with van der Waals surface area (Å²) < 4.78 is 11.4. The second-order valence-electron chi connectivity index (χ2n) is 5.99. The summed E-state index contributed by atoms with van der Waals surface area (Å²) in [6, 6.07) is 11.5. The van der Waals surface area contributed by atoms with Gasteiger partial charge in [-0.15, -0.1) is 0 Å². The molecular formula is C21H23N3O6. The van der Waals surface area contributed by atoms with Crippen LogP contribution in [0.2, 0.25) is 0 Å². The maximum Gasteiger partial charge on any atom is 0.335 e. The smallest absolute Gasteiger partial charge is 0.335 e. The first kappa shape index (κ1) is 22.4. The van der Waals surface area contributed by atoms with Gasteiger partial charge in [0.15, 0.2) is 11.5 Å². The molecule has 0 spiro atoms. The molecule has 158 valence electrons. The lowest BCUT2D eigenvalue weighted by Gasteiger charge is -2.12. The van der Waals surface area contributed by atoms with Crippen LogP contribution in [0.1, 0.15) is 35.3 Å². The Morgan fingerprint density at radius 1 is 1.00 bits per heavy atom. The molecule has 0 aliphatic heterocycles. The van der Waals surface area contributed by atoms with Crippen LogP contribution in [0.5, 0.6) is 11.5 Å². The van der Waals surface area contributed by atoms with Gasteiger partial charge in [-0.3, -0.25) is 9.59 Å². The lowest BCUT2D eigenvalue weighted by molar-refractivity contribution is -0.139. The van der Waals surface area contributed by atoms with Crippen molar-refractivity contribution in [1.29, 1.82) is 0 Å². The predicted molar refractivity (Wildman–Crippen MR) is 110 cm³/mol. The molecule has 0 unspecified atom stereocenters. The molecule has 30 heavy (non-hydrogen) atoms. The highest BCUT2D eigenvalue weighted by Gasteiger charge is 2.11. The number of benzene rings is 2. The van der Waals surface area contributed by atoms with E-state index in [0.717, 1.165) is 5.56 Å². The average Bonchev–Trinajstić information content (AvgIpc) is 2.73. The zero-order chi connectivity index (χ0) is 21.9. The zero-order valence-electron chi connectivity index (χ0n) is 16.7. The Hall–Kier alpha value is -3.88. The van der Waals surface area contributed by atoms with Crippen LogP contribution < -0.4 is 20.2 Å². The van der Waals surface area contributed by atoms with Crippen molar-refractivity contribution in [1.82, 2.24) is 10.7 Å². The fourth-order valence-corrected chi connectivity index (χ4v) is 2.35. The number of nitrogens with zero attached hydrogens (tertiary/aromatic N) is 1. The van der Waals surface area contributed by atoms with Crippen LogP contribution in [-0.4, -0.2) is 42.3 Å². The van der Waals surface area contributed by atoms with E-state index in [1.54, 1.807) is 37.3 Å². The quantitative estimate of drug-likeness (QED) is 0.328. The number of rotatable bonds is 9. The fourth-order valence-electron chi connectivity index (χ4n) is 2.35. The second kappa shape index (κ2) is 11.2. The Morgan fingerprint density at radius 2 is 1.73 bits per heavy atom. The molecule has 0 radical (unpaired) electrons. The van der Waals surface area contributed by atoms with Gasteiger partial charge in [-0.2, -0.15) is 5.10 Å². The average molecular weight is 413 g/mol. The van der Waals surface area contributed by atoms with Gasteiger partial charge < -0.3 is 19.9 Å². The van der Waals surface area contributed by atoms with E-state index in [1.807, 2.05) is 6.92 Å². The van der Waals surface area contributed by atoms with Crippen molar-refractivity contribution in [2.75, 3.05) is 13.2 Å². The van der Waals surface area contributed by atoms with Gasteiger partial charge in [0.2, 0.25) is 0 Å². The Morgan fingerprint density at radius 3 is 2.37 bits per heavy atom. The van der Waals surface area contributed by atoms with Gasteiger partial charge in [0, 0.05) is 6.54 Å². The minimum absolute atomic E-state index is 0.205. The number of carboxylic acids is 1. The molecular weight excluding hydrogens is 390 g/mol. The van der Waals surface area contributed by atoms with Gasteiger partial charge in [-0.05, 0) is 55.3 Å². The number of carbonyl (C=O) groups is 3. The summed E-state index contributed by atoms with van der Waals surface area (Å²) in [6.45, 7) is 4.53. The van der Waals surface area contributed by atoms with Crippen LogP contribution in [-0.2, 0) is 16.2 Å². The molecule has 0 atom stereocenters. The number of hydrogen-bond donors (Lipinski definition) is 3. The normalized spacial score (nSPS) is 10.5. The van der Waals surface area contributed by atoms with E-state index in [2.05, 4.69) is 15.8 Å². The summed E-state index contributed by atoms with van der Waals surface area (Å²) in [7, 11) is 0. The van der Waals surface area contributed by atoms with Crippen LogP contribution in [0.25, 0.3) is 0 Å². The van der Waals surface area contributed by atoms with Crippen molar-refractivity contribution in [2.45, 2.75) is 20.5 Å². The summed E-state index contributed by atoms with van der Waals surface area (Å²) in [6.07, 6.45) is 1.38. The number of likely N-dealkylation sites (N-methyl/N-ethyl adjacent to an activating group) is 1. The van der Waals surface area contributed by atoms with Crippen LogP contribution in [0.4, 0.5) is 0 Å². The first-order valence-corrected chi connectivity index (χ1v) is 9.27. The molecule has 2 aromatic rings. The summed E-state index contributed by atoms with van der Waals surface area (Å²) in [5.41, 5.74) is 3.79. The van der Waals surface area contributed by atoms with Gasteiger partial charge in [0.25, 0.3) is 0 Å². The molecule has 2 rings (SSSR count). The molecule has 9 heteroatoms. The first-order valence-electron chi connectivity index (χ1n) is 9.27. The van der Waals surface area contributed by atoms with Crippen LogP contribution in [0, 0.1) is 0 Å². The summed E-state index contributed by atoms with van der Waals surface area (Å²) in [4.78, 5) is 33.8. The molecule has 2 amide bonds. The second-order valence-corrected chi connectivity index (χ2v) is 5.99. The number of hydrogen-bond acceptors (Lipinski definition) is 6. The number of ether oxygens (including phenoxy) is 2. The standard InChI is InChI=1S/C21H23N3O6/c1-3-22-19(25)20(26)24-23-12-15-7-10-17(18(11-15)29-4-2)30-13-14-5-8-16(9-6-14)21(27)28/h5-12H,3-4,13H2,1-2H3,(H,22,25)(H,24,26)(H,27,28)/b23-12-. The number of aromatic carboxylic acids is 1. The molecule has 9 nitrogen and oxygen atoms in total. The van der Waals surface area contributed by atoms with E-state index in [1.165, 1.54) is 18.3 Å². The summed E-state index contributed by atoms with van der Waals surface area (Å²) >= 11 is 0. The van der Waals surface area contributed by atoms with E-state index < -0.39 is 17.8 Å². The first-order chi connectivity index (χ1) is 14.4. The highest BCUT2D eigenvalue weighted by atomic mass is 16.5. The zero-order valence-corrected chi connectivity index (χ0v) is 16.7. The van der Waals surface area contributed by atoms with E-state index in [-0.39, 0.29) is 12.2 Å². The Labute approximate surface area is 173 Å². The van der Waals surface area contributed by atoms with E-state index >= 15 is 0 Å². The lowest BCUT2D eigenvalue weighted by atomic mass is 10.1. The van der Waals surface area contributed by atoms with Crippen LogP contribution in [0.3, 0.4) is 0 Å². The Bertz CT molecular complexity index is 925. The largest absolute Gasteiger partial charge is 0.490 e. The summed E-state index contributed by atoms with van der Waals surface area (Å²) in [5.74, 6) is -1.61. The maximum absolute atomic E-state index is 11.5. The van der Waals surface area contributed by atoms with Crippen LogP contribution in [0.15, 0.2) is 47.6 Å². The minimum atomic E-state index is -0.986. The molecule has 0 aliphatic carbocycles. The van der Waals surface area contributed by atoms with Gasteiger partial charge >= 0.3 is 17.8 Å². The number of carboxylic acid groups (broad SMARTS) is 1. The molecule has 3 N–H and O–H groups in total. The van der Waals surface area contributed by atoms with Gasteiger partial charge in [0.1, 0.15) is 6.61 Å². The van der Waals surface area contributed by atoms with Crippen molar-refractivity contribution in [3.05, 3.63) is 59.2 Å². The molecule has 0 aliphatic rings. The number of hydrazone groups is 1. The number of carbonyl (C=O) groups excluding carboxylic acids is 2. The molecule has 0 saturated heterocycles. The van der Waals surface area contributed by atoms with Crippen molar-refractivity contribution in [2.24, 2.45) is 5.10 Å². The SMILES string of the molecule is CCNC(=O)C(=O)N/N=C\c1ccc(OCc2ccc(C(=O)O)cc2)c(OCC)c1. The van der Waals surface area contributed by atoms with Crippen LogP contribution >= 0.6 is 0 Å². The molecule has 0 bridgehead atoms. The molecule has 2 aromatic carbocycles. The maximum atomic E-state index is 11.5. The summed E-state index contributed by atoms with van der Waals surface area (Å²) in [5, 5.41) is 15.1. The van der Waals surface area contributed by atoms with E-state index in [4.69, 9.17) is 14.6 Å². The highest BCUT2D eigenvalue weighted by Crippen LogP contribution is 2.29. The molecule has 0 fully saturated rings. The van der Waals surface area contributed by atoms with Crippen molar-refractivity contribution >= 4 is 24.0 Å². The third kappa shape index (κ3) is 6.62. The molecule has 0 aromatic heterocycles. The monoisotopic (exact) mass is 413 g/mol.